The van der Waals surface area contributed by atoms with E-state index in [0.717, 1.165) is 5.56 Å². The van der Waals surface area contributed by atoms with E-state index >= 15 is 0 Å². The number of carboxylic acid groups (broad SMARTS) is 1. The highest BCUT2D eigenvalue weighted by Gasteiger charge is 2.21. The van der Waals surface area contributed by atoms with Crippen molar-refractivity contribution < 1.29 is 24.2 Å². The highest BCUT2D eigenvalue weighted by molar-refractivity contribution is 5.85. The van der Waals surface area contributed by atoms with Crippen LogP contribution in [0, 0.1) is 0 Å². The van der Waals surface area contributed by atoms with Crippen LogP contribution in [0.4, 0.5) is 5.69 Å². The van der Waals surface area contributed by atoms with E-state index in [0.29, 0.717) is 5.69 Å². The second-order valence-corrected chi connectivity index (χ2v) is 4.49. The Balaban J connectivity index is 2.54. The first-order valence-corrected chi connectivity index (χ1v) is 6.35. The van der Waals surface area contributed by atoms with Gasteiger partial charge in [-0.25, -0.2) is 4.79 Å². The number of rotatable bonds is 7. The summed E-state index contributed by atoms with van der Waals surface area (Å²) < 4.78 is 4.44. The predicted octanol–water partition coefficient (Wildman–Crippen LogP) is 0.334. The molecule has 1 aromatic rings. The Morgan fingerprint density at radius 2 is 1.90 bits per heavy atom. The smallest absolute Gasteiger partial charge is 0.326 e. The van der Waals surface area contributed by atoms with Crippen molar-refractivity contribution in [1.82, 2.24) is 5.32 Å². The van der Waals surface area contributed by atoms with Crippen LogP contribution in [0.15, 0.2) is 24.3 Å². The molecule has 1 atom stereocenters. The average molecular weight is 294 g/mol. The van der Waals surface area contributed by atoms with E-state index in [4.69, 9.17) is 10.8 Å². The zero-order valence-electron chi connectivity index (χ0n) is 11.7. The molecule has 1 rings (SSSR count). The van der Waals surface area contributed by atoms with Crippen LogP contribution in [0.5, 0.6) is 0 Å². The van der Waals surface area contributed by atoms with Gasteiger partial charge in [-0.2, -0.15) is 0 Å². The Hall–Kier alpha value is -2.57. The van der Waals surface area contributed by atoms with Crippen molar-refractivity contribution in [2.45, 2.75) is 25.3 Å². The zero-order chi connectivity index (χ0) is 15.8. The van der Waals surface area contributed by atoms with Crippen LogP contribution in [0.1, 0.15) is 18.4 Å². The minimum atomic E-state index is -1.19. The standard InChI is InChI=1S/C14H18N2O5/c1-21-13(18)7-6-11(14(19)20)16-12(17)8-9-2-4-10(15)5-3-9/h2-5,11H,6-8,15H2,1H3,(H,16,17)(H,19,20)/t11-/m1/s1. The lowest BCUT2D eigenvalue weighted by molar-refractivity contribution is -0.144. The van der Waals surface area contributed by atoms with Gasteiger partial charge in [-0.15, -0.1) is 0 Å². The Bertz CT molecular complexity index is 513. The van der Waals surface area contributed by atoms with Crippen molar-refractivity contribution in [2.24, 2.45) is 0 Å². The Labute approximate surface area is 122 Å². The summed E-state index contributed by atoms with van der Waals surface area (Å²) in [5.74, 6) is -2.14. The first-order chi connectivity index (χ1) is 9.92. The van der Waals surface area contributed by atoms with E-state index in [-0.39, 0.29) is 19.3 Å². The van der Waals surface area contributed by atoms with Gasteiger partial charge in [0, 0.05) is 12.1 Å². The topological polar surface area (TPSA) is 119 Å². The molecular formula is C14H18N2O5. The highest BCUT2D eigenvalue weighted by atomic mass is 16.5. The molecule has 21 heavy (non-hydrogen) atoms. The van der Waals surface area contributed by atoms with Crippen LogP contribution in [0.25, 0.3) is 0 Å². The molecule has 0 fully saturated rings. The molecule has 4 N–H and O–H groups in total. The molecule has 7 nitrogen and oxygen atoms in total. The van der Waals surface area contributed by atoms with Gasteiger partial charge in [0.05, 0.1) is 13.5 Å². The van der Waals surface area contributed by atoms with Crippen molar-refractivity contribution in [3.05, 3.63) is 29.8 Å². The molecule has 0 aliphatic heterocycles. The lowest BCUT2D eigenvalue weighted by atomic mass is 10.1. The van der Waals surface area contributed by atoms with Gasteiger partial charge in [0.2, 0.25) is 5.91 Å². The summed E-state index contributed by atoms with van der Waals surface area (Å²) in [6.45, 7) is 0. The van der Waals surface area contributed by atoms with Gasteiger partial charge in [0.15, 0.2) is 0 Å². The summed E-state index contributed by atoms with van der Waals surface area (Å²) in [6.07, 6.45) is -0.0482. The number of ether oxygens (including phenoxy) is 1. The molecule has 0 aliphatic carbocycles. The first-order valence-electron chi connectivity index (χ1n) is 6.35. The van der Waals surface area contributed by atoms with Crippen molar-refractivity contribution in [2.75, 3.05) is 12.8 Å². The summed E-state index contributed by atoms with van der Waals surface area (Å²) in [4.78, 5) is 33.9. The van der Waals surface area contributed by atoms with Crippen molar-refractivity contribution in [3.8, 4) is 0 Å². The Morgan fingerprint density at radius 3 is 2.43 bits per heavy atom. The number of esters is 1. The normalized spacial score (nSPS) is 11.5. The summed E-state index contributed by atoms with van der Waals surface area (Å²) >= 11 is 0. The minimum Gasteiger partial charge on any atom is -0.480 e. The SMILES string of the molecule is COC(=O)CC[C@@H](NC(=O)Cc1ccc(N)cc1)C(=O)O. The maximum absolute atomic E-state index is 11.8. The third-order valence-corrected chi connectivity index (χ3v) is 2.84. The molecule has 0 saturated carbocycles. The van der Waals surface area contributed by atoms with Gasteiger partial charge in [-0.3, -0.25) is 9.59 Å². The van der Waals surface area contributed by atoms with E-state index < -0.39 is 23.9 Å². The fourth-order valence-electron chi connectivity index (χ4n) is 1.69. The van der Waals surface area contributed by atoms with Crippen molar-refractivity contribution >= 4 is 23.5 Å². The van der Waals surface area contributed by atoms with Crippen LogP contribution >= 0.6 is 0 Å². The number of benzene rings is 1. The molecule has 0 heterocycles. The molecule has 0 radical (unpaired) electrons. The number of nitrogen functional groups attached to an aromatic ring is 1. The van der Waals surface area contributed by atoms with E-state index in [9.17, 15) is 14.4 Å². The largest absolute Gasteiger partial charge is 0.480 e. The quantitative estimate of drug-likeness (QED) is 0.492. The number of hydrogen-bond acceptors (Lipinski definition) is 5. The van der Waals surface area contributed by atoms with E-state index in [1.54, 1.807) is 24.3 Å². The molecular weight excluding hydrogens is 276 g/mol. The average Bonchev–Trinajstić information content (AvgIpc) is 2.45. The maximum Gasteiger partial charge on any atom is 0.326 e. The predicted molar refractivity (Wildman–Crippen MR) is 75.4 cm³/mol. The minimum absolute atomic E-state index is 0.0184. The Kier molecular flexibility index (Phi) is 6.19. The number of methoxy groups -OCH3 is 1. The molecule has 0 unspecified atom stereocenters. The van der Waals surface area contributed by atoms with Crippen LogP contribution in [0.2, 0.25) is 0 Å². The molecule has 0 aliphatic rings. The van der Waals surface area contributed by atoms with Crippen molar-refractivity contribution in [1.29, 1.82) is 0 Å². The first kappa shape index (κ1) is 16.5. The third kappa shape index (κ3) is 5.94. The molecule has 1 amide bonds. The maximum atomic E-state index is 11.8. The number of carbonyl (C=O) groups excluding carboxylic acids is 2. The molecule has 7 heteroatoms. The molecule has 1 aromatic carbocycles. The van der Waals surface area contributed by atoms with Gasteiger partial charge in [0.25, 0.3) is 0 Å². The molecule has 0 bridgehead atoms. The fraction of sp³-hybridized carbons (Fsp3) is 0.357. The summed E-state index contributed by atoms with van der Waals surface area (Å²) in [5, 5.41) is 11.4. The van der Waals surface area contributed by atoms with E-state index in [2.05, 4.69) is 10.1 Å². The van der Waals surface area contributed by atoms with Crippen molar-refractivity contribution in [3.63, 3.8) is 0 Å². The van der Waals surface area contributed by atoms with E-state index in [1.165, 1.54) is 7.11 Å². The molecule has 0 aromatic heterocycles. The van der Waals surface area contributed by atoms with Gasteiger partial charge in [0.1, 0.15) is 6.04 Å². The molecule has 0 saturated heterocycles. The lowest BCUT2D eigenvalue weighted by Gasteiger charge is -2.14. The third-order valence-electron chi connectivity index (χ3n) is 2.84. The number of carboxylic acids is 1. The summed E-state index contributed by atoms with van der Waals surface area (Å²) in [7, 11) is 1.22. The second kappa shape index (κ2) is 7.88. The van der Waals surface area contributed by atoms with Gasteiger partial charge < -0.3 is 20.9 Å². The lowest BCUT2D eigenvalue weighted by Crippen LogP contribution is -2.41. The number of nitrogens with two attached hydrogens (primary N) is 1. The van der Waals surface area contributed by atoms with E-state index in [1.807, 2.05) is 0 Å². The van der Waals surface area contributed by atoms with Crippen LogP contribution in [-0.4, -0.2) is 36.1 Å². The van der Waals surface area contributed by atoms with Crippen LogP contribution < -0.4 is 11.1 Å². The fourth-order valence-corrected chi connectivity index (χ4v) is 1.69. The monoisotopic (exact) mass is 294 g/mol. The highest BCUT2D eigenvalue weighted by Crippen LogP contribution is 2.07. The number of nitrogens with one attached hydrogen (secondary N) is 1. The number of anilines is 1. The Morgan fingerprint density at radius 1 is 1.29 bits per heavy atom. The number of amides is 1. The number of carbonyl (C=O) groups is 3. The number of hydrogen-bond donors (Lipinski definition) is 3. The molecule has 114 valence electrons. The van der Waals surface area contributed by atoms with Gasteiger partial charge in [-0.05, 0) is 24.1 Å². The zero-order valence-corrected chi connectivity index (χ0v) is 11.7. The van der Waals surface area contributed by atoms with Crippen LogP contribution in [-0.2, 0) is 25.5 Å². The van der Waals surface area contributed by atoms with Gasteiger partial charge >= 0.3 is 11.9 Å². The number of aliphatic carboxylic acids is 1. The summed E-state index contributed by atoms with van der Waals surface area (Å²) in [6, 6.07) is 5.59. The second-order valence-electron chi connectivity index (χ2n) is 4.49. The molecule has 0 spiro atoms. The van der Waals surface area contributed by atoms with Crippen LogP contribution in [0.3, 0.4) is 0 Å². The van der Waals surface area contributed by atoms with Gasteiger partial charge in [-0.1, -0.05) is 12.1 Å². The summed E-state index contributed by atoms with van der Waals surface area (Å²) in [5.41, 5.74) is 6.84.